The van der Waals surface area contributed by atoms with Crippen molar-refractivity contribution in [2.75, 3.05) is 13.2 Å². The lowest BCUT2D eigenvalue weighted by Crippen LogP contribution is -2.39. The van der Waals surface area contributed by atoms with E-state index in [1.54, 1.807) is 0 Å². The Balaban J connectivity index is 1.54. The van der Waals surface area contributed by atoms with Crippen LogP contribution in [0.2, 0.25) is 0 Å². The van der Waals surface area contributed by atoms with E-state index in [2.05, 4.69) is 18.9 Å². The van der Waals surface area contributed by atoms with E-state index in [-0.39, 0.29) is 11.9 Å². The predicted molar refractivity (Wildman–Crippen MR) is 106 cm³/mol. The molecular formula is C22H33N3O3. The lowest BCUT2D eigenvalue weighted by atomic mass is 9.84. The maximum atomic E-state index is 13.2. The first-order chi connectivity index (χ1) is 13.4. The highest BCUT2D eigenvalue weighted by molar-refractivity contribution is 5.90. The number of carbonyl (C=O) groups is 2. The first-order valence-corrected chi connectivity index (χ1v) is 11.0. The Hall–Kier alpha value is -1.85. The molecule has 3 aliphatic rings. The van der Waals surface area contributed by atoms with Crippen molar-refractivity contribution in [3.63, 3.8) is 0 Å². The molecule has 1 aliphatic heterocycles. The van der Waals surface area contributed by atoms with Gasteiger partial charge < -0.3 is 9.64 Å². The van der Waals surface area contributed by atoms with Crippen LogP contribution in [0.4, 0.5) is 0 Å². The number of hydrogen-bond acceptors (Lipinski definition) is 4. The van der Waals surface area contributed by atoms with Gasteiger partial charge in [-0.15, -0.1) is 0 Å². The molecule has 2 heterocycles. The lowest BCUT2D eigenvalue weighted by molar-refractivity contribution is -0.134. The Morgan fingerprint density at radius 2 is 2.00 bits per heavy atom. The number of amides is 1. The van der Waals surface area contributed by atoms with E-state index >= 15 is 0 Å². The molecule has 0 N–H and O–H groups in total. The molecule has 2 fully saturated rings. The van der Waals surface area contributed by atoms with Gasteiger partial charge in [-0.1, -0.05) is 33.1 Å². The highest BCUT2D eigenvalue weighted by Crippen LogP contribution is 2.62. The van der Waals surface area contributed by atoms with Gasteiger partial charge in [-0.25, -0.2) is 4.79 Å². The topological polar surface area (TPSA) is 64.4 Å². The van der Waals surface area contributed by atoms with Crippen molar-refractivity contribution in [3.8, 4) is 0 Å². The molecule has 6 heteroatoms. The number of fused-ring (bicyclic) bond motifs is 1. The van der Waals surface area contributed by atoms with E-state index in [4.69, 9.17) is 4.74 Å². The van der Waals surface area contributed by atoms with Gasteiger partial charge in [-0.05, 0) is 37.5 Å². The first-order valence-electron chi connectivity index (χ1n) is 11.0. The van der Waals surface area contributed by atoms with E-state index in [1.165, 1.54) is 32.1 Å². The second-order valence-electron chi connectivity index (χ2n) is 9.26. The van der Waals surface area contributed by atoms with Crippen molar-refractivity contribution in [3.05, 3.63) is 17.0 Å². The zero-order chi connectivity index (χ0) is 19.9. The largest absolute Gasteiger partial charge is 0.461 e. The van der Waals surface area contributed by atoms with Crippen molar-refractivity contribution in [2.24, 2.45) is 17.3 Å². The molecule has 2 aliphatic carbocycles. The van der Waals surface area contributed by atoms with Crippen LogP contribution in [0.3, 0.4) is 0 Å². The molecule has 1 spiro atoms. The maximum Gasteiger partial charge on any atom is 0.359 e. The second kappa shape index (κ2) is 7.53. The quantitative estimate of drug-likeness (QED) is 0.725. The summed E-state index contributed by atoms with van der Waals surface area (Å²) in [5.74, 6) is 0.562. The number of esters is 1. The number of ether oxygens (including phenoxy) is 1. The number of nitrogens with zero attached hydrogens (tertiary/aromatic N) is 3. The fourth-order valence-corrected chi connectivity index (χ4v) is 5.26. The van der Waals surface area contributed by atoms with Gasteiger partial charge in [0.1, 0.15) is 0 Å². The molecule has 0 aromatic carbocycles. The Kier molecular flexibility index (Phi) is 5.23. The predicted octanol–water partition coefficient (Wildman–Crippen LogP) is 3.57. The molecule has 1 aromatic heterocycles. The van der Waals surface area contributed by atoms with Crippen LogP contribution >= 0.6 is 0 Å². The van der Waals surface area contributed by atoms with Gasteiger partial charge in [0.05, 0.1) is 6.61 Å². The molecule has 1 aromatic rings. The molecule has 0 bridgehead atoms. The van der Waals surface area contributed by atoms with Crippen molar-refractivity contribution in [1.82, 2.24) is 14.7 Å². The lowest BCUT2D eigenvalue weighted by Gasteiger charge is -2.30. The molecule has 6 nitrogen and oxygen atoms in total. The van der Waals surface area contributed by atoms with Gasteiger partial charge in [-0.2, -0.15) is 5.10 Å². The van der Waals surface area contributed by atoms with Crippen LogP contribution < -0.4 is 0 Å². The van der Waals surface area contributed by atoms with Crippen LogP contribution in [0.5, 0.6) is 0 Å². The number of carbonyl (C=O) groups excluding carboxylic acids is 2. The first kappa shape index (κ1) is 19.5. The van der Waals surface area contributed by atoms with E-state index in [9.17, 15) is 9.59 Å². The Labute approximate surface area is 167 Å². The third-order valence-corrected chi connectivity index (χ3v) is 6.79. The van der Waals surface area contributed by atoms with E-state index in [1.807, 2.05) is 16.5 Å². The fraction of sp³-hybridized carbons (Fsp3) is 0.773. The zero-order valence-electron chi connectivity index (χ0n) is 17.5. The standard InChI is InChI=1S/C22H33N3O3/c1-4-28-21(27)19-16-14-24(11-8-18(16)25(23-19)13-15(2)3)20(26)17-12-22(17)9-6-5-7-10-22/h15,17H,4-14H2,1-3H3/t17-/m1/s1. The summed E-state index contributed by atoms with van der Waals surface area (Å²) in [7, 11) is 0. The highest BCUT2D eigenvalue weighted by atomic mass is 16.5. The molecule has 1 atom stereocenters. The Morgan fingerprint density at radius 1 is 1.25 bits per heavy atom. The summed E-state index contributed by atoms with van der Waals surface area (Å²) in [5, 5.41) is 4.59. The van der Waals surface area contributed by atoms with Crippen LogP contribution in [0.1, 0.15) is 81.0 Å². The van der Waals surface area contributed by atoms with Crippen LogP contribution in [-0.4, -0.2) is 39.7 Å². The SMILES string of the molecule is CCOC(=O)c1nn(CC(C)C)c2c1CN(C(=O)[C@H]1CC13CCCCC3)CC2. The molecule has 0 radical (unpaired) electrons. The molecule has 1 amide bonds. The van der Waals surface area contributed by atoms with Crippen molar-refractivity contribution in [2.45, 2.75) is 78.8 Å². The van der Waals surface area contributed by atoms with Gasteiger partial charge in [0.25, 0.3) is 0 Å². The molecule has 28 heavy (non-hydrogen) atoms. The fourth-order valence-electron chi connectivity index (χ4n) is 5.26. The maximum absolute atomic E-state index is 13.2. The minimum Gasteiger partial charge on any atom is -0.461 e. The highest BCUT2D eigenvalue weighted by Gasteiger charge is 2.58. The number of aromatic nitrogens is 2. The average molecular weight is 388 g/mol. The summed E-state index contributed by atoms with van der Waals surface area (Å²) < 4.78 is 7.21. The third kappa shape index (κ3) is 3.46. The molecule has 2 saturated carbocycles. The van der Waals surface area contributed by atoms with Gasteiger partial charge in [0, 0.05) is 43.2 Å². The summed E-state index contributed by atoms with van der Waals surface area (Å²) in [4.78, 5) is 27.7. The van der Waals surface area contributed by atoms with Crippen molar-refractivity contribution >= 4 is 11.9 Å². The van der Waals surface area contributed by atoms with Gasteiger partial charge in [0.2, 0.25) is 5.91 Å². The molecule has 0 saturated heterocycles. The Bertz CT molecular complexity index is 761. The minimum atomic E-state index is -0.370. The average Bonchev–Trinajstić information content (AvgIpc) is 3.24. The van der Waals surface area contributed by atoms with Gasteiger partial charge in [0.15, 0.2) is 5.69 Å². The van der Waals surface area contributed by atoms with Gasteiger partial charge in [-0.3, -0.25) is 9.48 Å². The van der Waals surface area contributed by atoms with Crippen molar-refractivity contribution < 1.29 is 14.3 Å². The normalized spacial score (nSPS) is 23.0. The summed E-state index contributed by atoms with van der Waals surface area (Å²) in [5.41, 5.74) is 2.70. The third-order valence-electron chi connectivity index (χ3n) is 6.79. The van der Waals surface area contributed by atoms with Crippen LogP contribution in [0.25, 0.3) is 0 Å². The smallest absolute Gasteiger partial charge is 0.359 e. The van der Waals surface area contributed by atoms with E-state index < -0.39 is 0 Å². The molecule has 0 unspecified atom stereocenters. The summed E-state index contributed by atoms with van der Waals surface area (Å²) in [6, 6.07) is 0. The van der Waals surface area contributed by atoms with Crippen LogP contribution in [-0.2, 0) is 29.0 Å². The van der Waals surface area contributed by atoms with Crippen LogP contribution in [0, 0.1) is 17.3 Å². The number of rotatable bonds is 5. The second-order valence-corrected chi connectivity index (χ2v) is 9.26. The zero-order valence-corrected chi connectivity index (χ0v) is 17.5. The minimum absolute atomic E-state index is 0.200. The Morgan fingerprint density at radius 3 is 2.68 bits per heavy atom. The number of hydrogen-bond donors (Lipinski definition) is 0. The van der Waals surface area contributed by atoms with Gasteiger partial charge >= 0.3 is 5.97 Å². The summed E-state index contributed by atoms with van der Waals surface area (Å²) in [6.07, 6.45) is 8.09. The molecule has 154 valence electrons. The monoisotopic (exact) mass is 387 g/mol. The van der Waals surface area contributed by atoms with E-state index in [0.29, 0.717) is 36.1 Å². The molecular weight excluding hydrogens is 354 g/mol. The van der Waals surface area contributed by atoms with E-state index in [0.717, 1.165) is 37.2 Å². The summed E-state index contributed by atoms with van der Waals surface area (Å²) in [6.45, 7) is 8.43. The van der Waals surface area contributed by atoms with Crippen molar-refractivity contribution in [1.29, 1.82) is 0 Å². The van der Waals surface area contributed by atoms with Crippen LogP contribution in [0.15, 0.2) is 0 Å². The summed E-state index contributed by atoms with van der Waals surface area (Å²) >= 11 is 0. The molecule has 4 rings (SSSR count).